The van der Waals surface area contributed by atoms with Crippen molar-refractivity contribution in [2.45, 2.75) is 33.6 Å². The van der Waals surface area contributed by atoms with Crippen LogP contribution in [-0.4, -0.2) is 26.0 Å². The van der Waals surface area contributed by atoms with E-state index in [0.29, 0.717) is 19.8 Å². The topological polar surface area (TPSA) is 30.5 Å². The molecule has 3 nitrogen and oxygen atoms in total. The lowest BCUT2D eigenvalue weighted by molar-refractivity contribution is -0.133. The third kappa shape index (κ3) is 5.36. The number of benzene rings is 1. The Morgan fingerprint density at radius 2 is 1.89 bits per heavy atom. The van der Waals surface area contributed by atoms with Crippen molar-refractivity contribution in [3.8, 4) is 0 Å². The van der Waals surface area contributed by atoms with E-state index in [2.05, 4.69) is 12.2 Å². The zero-order valence-corrected chi connectivity index (χ0v) is 12.1. The Hall–Kier alpha value is -0.610. The van der Waals surface area contributed by atoms with Gasteiger partial charge in [0, 0.05) is 31.3 Å². The van der Waals surface area contributed by atoms with Crippen LogP contribution in [0.25, 0.3) is 0 Å². The molecule has 0 aromatic heterocycles. The normalized spacial score (nSPS) is 11.2. The van der Waals surface area contributed by atoms with Gasteiger partial charge >= 0.3 is 0 Å². The molecule has 102 valence electrons. The van der Waals surface area contributed by atoms with E-state index in [9.17, 15) is 0 Å². The van der Waals surface area contributed by atoms with Gasteiger partial charge in [0.25, 0.3) is 0 Å². The highest BCUT2D eigenvalue weighted by Crippen LogP contribution is 2.14. The summed E-state index contributed by atoms with van der Waals surface area (Å²) in [5.74, 6) is 0. The summed E-state index contributed by atoms with van der Waals surface area (Å²) < 4.78 is 10.9. The van der Waals surface area contributed by atoms with Crippen LogP contribution in [0.5, 0.6) is 0 Å². The molecule has 0 radical (unpaired) electrons. The lowest BCUT2D eigenvalue weighted by Gasteiger charge is -2.17. The zero-order chi connectivity index (χ0) is 13.4. The first-order chi connectivity index (χ1) is 8.67. The van der Waals surface area contributed by atoms with Crippen LogP contribution in [-0.2, 0) is 16.0 Å². The Bertz CT molecular complexity index is 352. The molecule has 0 unspecified atom stereocenters. The molecule has 0 spiro atoms. The number of halogens is 1. The minimum absolute atomic E-state index is 0.174. The Balaban J connectivity index is 2.39. The van der Waals surface area contributed by atoms with Crippen LogP contribution in [0.4, 0.5) is 0 Å². The van der Waals surface area contributed by atoms with Crippen molar-refractivity contribution in [1.82, 2.24) is 5.32 Å². The molecular formula is C14H22ClNO2. The Labute approximate surface area is 114 Å². The van der Waals surface area contributed by atoms with Crippen LogP contribution < -0.4 is 5.32 Å². The van der Waals surface area contributed by atoms with E-state index in [4.69, 9.17) is 21.1 Å². The summed E-state index contributed by atoms with van der Waals surface area (Å²) in [6.45, 7) is 8.79. The van der Waals surface area contributed by atoms with E-state index < -0.39 is 0 Å². The molecule has 0 aliphatic heterocycles. The lowest BCUT2D eigenvalue weighted by atomic mass is 10.1. The highest BCUT2D eigenvalue weighted by Gasteiger charge is 2.07. The van der Waals surface area contributed by atoms with Gasteiger partial charge in [0.1, 0.15) is 0 Å². The third-order valence-electron chi connectivity index (χ3n) is 2.64. The van der Waals surface area contributed by atoms with Crippen molar-refractivity contribution in [2.24, 2.45) is 0 Å². The molecule has 1 aromatic carbocycles. The van der Waals surface area contributed by atoms with Gasteiger partial charge in [-0.25, -0.2) is 0 Å². The fourth-order valence-corrected chi connectivity index (χ4v) is 1.95. The van der Waals surface area contributed by atoms with Crippen molar-refractivity contribution in [3.63, 3.8) is 0 Å². The predicted molar refractivity (Wildman–Crippen MR) is 74.9 cm³/mol. The number of nitrogens with one attached hydrogen (secondary N) is 1. The maximum absolute atomic E-state index is 5.92. The standard InChI is InChI=1S/C14H22ClNO2/c1-4-17-14(18-5-2)10-16-9-12-6-7-13(15)8-11(12)3/h6-8,14,16H,4-5,9-10H2,1-3H3. The van der Waals surface area contributed by atoms with Crippen molar-refractivity contribution < 1.29 is 9.47 Å². The second-order valence-corrected chi connectivity index (χ2v) is 4.48. The quantitative estimate of drug-likeness (QED) is 0.737. The van der Waals surface area contributed by atoms with Gasteiger partial charge in [0.2, 0.25) is 0 Å². The lowest BCUT2D eigenvalue weighted by Crippen LogP contribution is -2.31. The maximum Gasteiger partial charge on any atom is 0.169 e. The maximum atomic E-state index is 5.92. The summed E-state index contributed by atoms with van der Waals surface area (Å²) in [7, 11) is 0. The summed E-state index contributed by atoms with van der Waals surface area (Å²) in [6.07, 6.45) is -0.174. The Morgan fingerprint density at radius 3 is 2.44 bits per heavy atom. The van der Waals surface area contributed by atoms with Crippen LogP contribution in [0.2, 0.25) is 5.02 Å². The smallest absolute Gasteiger partial charge is 0.169 e. The summed E-state index contributed by atoms with van der Waals surface area (Å²) in [4.78, 5) is 0. The number of aryl methyl sites for hydroxylation is 1. The predicted octanol–water partition coefficient (Wildman–Crippen LogP) is 3.14. The largest absolute Gasteiger partial charge is 0.352 e. The van der Waals surface area contributed by atoms with Gasteiger partial charge < -0.3 is 14.8 Å². The molecule has 1 rings (SSSR count). The van der Waals surface area contributed by atoms with E-state index in [0.717, 1.165) is 11.6 Å². The molecule has 1 aromatic rings. The highest BCUT2D eigenvalue weighted by molar-refractivity contribution is 6.30. The summed E-state index contributed by atoms with van der Waals surface area (Å²) in [6, 6.07) is 5.93. The van der Waals surface area contributed by atoms with E-state index in [1.807, 2.05) is 32.0 Å². The SMILES string of the molecule is CCOC(CNCc1ccc(Cl)cc1C)OCC. The van der Waals surface area contributed by atoms with Gasteiger partial charge in [-0.15, -0.1) is 0 Å². The molecule has 0 amide bonds. The van der Waals surface area contributed by atoms with Crippen molar-refractivity contribution in [3.05, 3.63) is 34.3 Å². The summed E-state index contributed by atoms with van der Waals surface area (Å²) in [5.41, 5.74) is 2.44. The molecule has 0 fully saturated rings. The second-order valence-electron chi connectivity index (χ2n) is 4.04. The Morgan fingerprint density at radius 1 is 1.22 bits per heavy atom. The van der Waals surface area contributed by atoms with Gasteiger partial charge in [0.05, 0.1) is 0 Å². The molecule has 0 aliphatic carbocycles. The summed E-state index contributed by atoms with van der Waals surface area (Å²) >= 11 is 5.92. The fourth-order valence-electron chi connectivity index (χ4n) is 1.72. The molecule has 4 heteroatoms. The molecular weight excluding hydrogens is 250 g/mol. The Kier molecular flexibility index (Phi) is 7.28. The summed E-state index contributed by atoms with van der Waals surface area (Å²) in [5, 5.41) is 4.11. The first-order valence-corrected chi connectivity index (χ1v) is 6.74. The van der Waals surface area contributed by atoms with Gasteiger partial charge in [0.15, 0.2) is 6.29 Å². The van der Waals surface area contributed by atoms with Gasteiger partial charge in [-0.2, -0.15) is 0 Å². The minimum Gasteiger partial charge on any atom is -0.352 e. The van der Waals surface area contributed by atoms with E-state index in [1.165, 1.54) is 11.1 Å². The number of ether oxygens (including phenoxy) is 2. The molecule has 0 bridgehead atoms. The molecule has 18 heavy (non-hydrogen) atoms. The zero-order valence-electron chi connectivity index (χ0n) is 11.3. The third-order valence-corrected chi connectivity index (χ3v) is 2.87. The van der Waals surface area contributed by atoms with Crippen molar-refractivity contribution in [2.75, 3.05) is 19.8 Å². The highest BCUT2D eigenvalue weighted by atomic mass is 35.5. The molecule has 1 N–H and O–H groups in total. The fraction of sp³-hybridized carbons (Fsp3) is 0.571. The number of hydrogen-bond donors (Lipinski definition) is 1. The van der Waals surface area contributed by atoms with Crippen LogP contribution in [0, 0.1) is 6.92 Å². The minimum atomic E-state index is -0.174. The molecule has 0 saturated heterocycles. The van der Waals surface area contributed by atoms with Crippen LogP contribution in [0.1, 0.15) is 25.0 Å². The van der Waals surface area contributed by atoms with E-state index in [-0.39, 0.29) is 6.29 Å². The van der Waals surface area contributed by atoms with E-state index >= 15 is 0 Å². The molecule has 0 aliphatic rings. The average molecular weight is 272 g/mol. The van der Waals surface area contributed by atoms with Crippen LogP contribution in [0.15, 0.2) is 18.2 Å². The van der Waals surface area contributed by atoms with Crippen molar-refractivity contribution in [1.29, 1.82) is 0 Å². The van der Waals surface area contributed by atoms with E-state index in [1.54, 1.807) is 0 Å². The molecule has 0 saturated carbocycles. The first-order valence-electron chi connectivity index (χ1n) is 6.36. The average Bonchev–Trinajstić information content (AvgIpc) is 2.32. The number of rotatable bonds is 8. The first kappa shape index (κ1) is 15.4. The van der Waals surface area contributed by atoms with Gasteiger partial charge in [-0.3, -0.25) is 0 Å². The van der Waals surface area contributed by atoms with Crippen molar-refractivity contribution >= 4 is 11.6 Å². The number of hydrogen-bond acceptors (Lipinski definition) is 3. The molecule has 0 atom stereocenters. The monoisotopic (exact) mass is 271 g/mol. The van der Waals surface area contributed by atoms with Gasteiger partial charge in [-0.1, -0.05) is 17.7 Å². The van der Waals surface area contributed by atoms with Gasteiger partial charge in [-0.05, 0) is 44.0 Å². The van der Waals surface area contributed by atoms with Crippen LogP contribution in [0.3, 0.4) is 0 Å². The molecule has 0 heterocycles. The van der Waals surface area contributed by atoms with Crippen LogP contribution >= 0.6 is 11.6 Å². The second kappa shape index (κ2) is 8.48.